The molecule has 0 aliphatic carbocycles. The lowest BCUT2D eigenvalue weighted by atomic mass is 9.95. The molecule has 5 nitrogen and oxygen atoms in total. The van der Waals surface area contributed by atoms with Crippen LogP contribution in [-0.4, -0.2) is 23.1 Å². The molecular weight excluding hydrogens is 288 g/mol. The number of carbonyl (C=O) groups excluding carboxylic acids is 1. The van der Waals surface area contributed by atoms with Gasteiger partial charge < -0.3 is 4.90 Å². The predicted octanol–water partition coefficient (Wildman–Crippen LogP) is 3.22. The van der Waals surface area contributed by atoms with E-state index in [0.717, 1.165) is 17.7 Å². The number of hydrogen-bond acceptors (Lipinski definition) is 4. The number of rotatable bonds is 4. The van der Waals surface area contributed by atoms with Gasteiger partial charge in [0.2, 0.25) is 5.91 Å². The van der Waals surface area contributed by atoms with Crippen LogP contribution in [0.25, 0.3) is 0 Å². The molecular formula is C15H20N2O3S. The number of nitrogens with zero attached hydrogens (tertiary/aromatic N) is 2. The normalized spacial score (nSPS) is 15.6. The van der Waals surface area contributed by atoms with Crippen LogP contribution >= 0.6 is 12.6 Å². The Balaban J connectivity index is 2.42. The van der Waals surface area contributed by atoms with Crippen LogP contribution in [0.2, 0.25) is 0 Å². The maximum absolute atomic E-state index is 12.4. The van der Waals surface area contributed by atoms with E-state index in [0.29, 0.717) is 25.1 Å². The lowest BCUT2D eigenvalue weighted by Crippen LogP contribution is -2.39. The molecule has 1 aliphatic rings. The third-order valence-corrected chi connectivity index (χ3v) is 4.57. The standard InChI is InChI=1S/C15H20N2O3S/c1-15(2,10-21)9-16-13-7-6-12(17(19)20)8-11(13)4-3-5-14(16)18/h6-8,21H,3-5,9-10H2,1-2H3. The van der Waals surface area contributed by atoms with Gasteiger partial charge in [-0.3, -0.25) is 14.9 Å². The van der Waals surface area contributed by atoms with Crippen LogP contribution in [0.5, 0.6) is 0 Å². The molecule has 0 fully saturated rings. The van der Waals surface area contributed by atoms with Gasteiger partial charge in [-0.25, -0.2) is 0 Å². The number of aryl methyl sites for hydroxylation is 1. The van der Waals surface area contributed by atoms with Crippen molar-refractivity contribution in [3.63, 3.8) is 0 Å². The minimum absolute atomic E-state index is 0.0801. The van der Waals surface area contributed by atoms with Crippen LogP contribution in [0.1, 0.15) is 32.3 Å². The summed E-state index contributed by atoms with van der Waals surface area (Å²) in [7, 11) is 0. The molecule has 1 heterocycles. The number of nitro groups is 1. The van der Waals surface area contributed by atoms with Gasteiger partial charge in [0, 0.05) is 30.8 Å². The van der Waals surface area contributed by atoms with Crippen molar-refractivity contribution in [1.82, 2.24) is 0 Å². The average Bonchev–Trinajstić information content (AvgIpc) is 2.58. The Bertz CT molecular complexity index is 572. The Labute approximate surface area is 129 Å². The molecule has 1 aromatic carbocycles. The van der Waals surface area contributed by atoms with E-state index in [-0.39, 0.29) is 17.0 Å². The van der Waals surface area contributed by atoms with Gasteiger partial charge >= 0.3 is 0 Å². The first-order valence-electron chi connectivity index (χ1n) is 7.02. The molecule has 0 N–H and O–H groups in total. The molecule has 1 amide bonds. The highest BCUT2D eigenvalue weighted by Crippen LogP contribution is 2.32. The first kappa shape index (κ1) is 15.8. The Hall–Kier alpha value is -1.56. The molecule has 0 saturated carbocycles. The molecule has 6 heteroatoms. The fraction of sp³-hybridized carbons (Fsp3) is 0.533. The van der Waals surface area contributed by atoms with Crippen LogP contribution in [-0.2, 0) is 11.2 Å². The van der Waals surface area contributed by atoms with Crippen molar-refractivity contribution in [3.8, 4) is 0 Å². The van der Waals surface area contributed by atoms with Gasteiger partial charge in [0.15, 0.2) is 0 Å². The second-order valence-electron chi connectivity index (χ2n) is 6.23. The number of nitro benzene ring substituents is 1. The van der Waals surface area contributed by atoms with E-state index in [9.17, 15) is 14.9 Å². The Morgan fingerprint density at radius 3 is 2.71 bits per heavy atom. The third kappa shape index (κ3) is 3.56. The summed E-state index contributed by atoms with van der Waals surface area (Å²) in [4.78, 5) is 24.6. The molecule has 0 unspecified atom stereocenters. The summed E-state index contributed by atoms with van der Waals surface area (Å²) in [5.74, 6) is 0.747. The third-order valence-electron chi connectivity index (χ3n) is 3.72. The number of amides is 1. The van der Waals surface area contributed by atoms with Crippen LogP contribution < -0.4 is 4.90 Å². The lowest BCUT2D eigenvalue weighted by Gasteiger charge is -2.32. The summed E-state index contributed by atoms with van der Waals surface area (Å²) < 4.78 is 0. The van der Waals surface area contributed by atoms with E-state index < -0.39 is 4.92 Å². The maximum atomic E-state index is 12.4. The highest BCUT2D eigenvalue weighted by molar-refractivity contribution is 7.80. The number of benzene rings is 1. The molecule has 0 aromatic heterocycles. The minimum atomic E-state index is -0.394. The van der Waals surface area contributed by atoms with Gasteiger partial charge in [-0.05, 0) is 35.6 Å². The van der Waals surface area contributed by atoms with Crippen molar-refractivity contribution >= 4 is 29.9 Å². The topological polar surface area (TPSA) is 63.5 Å². The van der Waals surface area contributed by atoms with Crippen molar-refractivity contribution in [2.24, 2.45) is 5.41 Å². The van der Waals surface area contributed by atoms with E-state index >= 15 is 0 Å². The largest absolute Gasteiger partial charge is 0.312 e. The predicted molar refractivity (Wildman–Crippen MR) is 86.0 cm³/mol. The average molecular weight is 308 g/mol. The number of fused-ring (bicyclic) bond motifs is 1. The first-order valence-corrected chi connectivity index (χ1v) is 7.66. The van der Waals surface area contributed by atoms with E-state index in [4.69, 9.17) is 0 Å². The second-order valence-corrected chi connectivity index (χ2v) is 6.54. The Kier molecular flexibility index (Phi) is 4.56. The van der Waals surface area contributed by atoms with Crippen molar-refractivity contribution in [1.29, 1.82) is 0 Å². The number of thiol groups is 1. The molecule has 114 valence electrons. The van der Waals surface area contributed by atoms with Crippen LogP contribution in [0.3, 0.4) is 0 Å². The monoisotopic (exact) mass is 308 g/mol. The van der Waals surface area contributed by atoms with Gasteiger partial charge in [-0.15, -0.1) is 0 Å². The van der Waals surface area contributed by atoms with Gasteiger partial charge in [-0.1, -0.05) is 13.8 Å². The molecule has 0 bridgehead atoms. The summed E-state index contributed by atoms with van der Waals surface area (Å²) >= 11 is 4.34. The molecule has 1 aliphatic heterocycles. The highest BCUT2D eigenvalue weighted by atomic mass is 32.1. The van der Waals surface area contributed by atoms with Gasteiger partial charge in [0.1, 0.15) is 0 Å². The zero-order valence-corrected chi connectivity index (χ0v) is 13.2. The lowest BCUT2D eigenvalue weighted by molar-refractivity contribution is -0.384. The van der Waals surface area contributed by atoms with Gasteiger partial charge in [-0.2, -0.15) is 12.6 Å². The molecule has 21 heavy (non-hydrogen) atoms. The SMILES string of the molecule is CC(C)(CS)CN1C(=O)CCCc2cc([N+](=O)[O-])ccc21. The smallest absolute Gasteiger partial charge is 0.269 e. The zero-order chi connectivity index (χ0) is 15.6. The zero-order valence-electron chi connectivity index (χ0n) is 12.3. The number of hydrogen-bond donors (Lipinski definition) is 1. The number of anilines is 1. The summed E-state index contributed by atoms with van der Waals surface area (Å²) in [6.07, 6.45) is 1.90. The molecule has 0 atom stereocenters. The fourth-order valence-electron chi connectivity index (χ4n) is 2.50. The number of non-ortho nitro benzene ring substituents is 1. The van der Waals surface area contributed by atoms with Crippen LogP contribution in [0.4, 0.5) is 11.4 Å². The molecule has 2 rings (SSSR count). The van der Waals surface area contributed by atoms with Crippen molar-refractivity contribution < 1.29 is 9.72 Å². The summed E-state index contributed by atoms with van der Waals surface area (Å²) in [6.45, 7) is 4.69. The number of carbonyl (C=O) groups is 1. The van der Waals surface area contributed by atoms with Crippen molar-refractivity contribution in [2.45, 2.75) is 33.1 Å². The van der Waals surface area contributed by atoms with E-state index in [1.807, 2.05) is 0 Å². The quantitative estimate of drug-likeness (QED) is 0.528. The van der Waals surface area contributed by atoms with E-state index in [2.05, 4.69) is 26.5 Å². The van der Waals surface area contributed by atoms with Crippen LogP contribution in [0, 0.1) is 15.5 Å². The molecule has 0 spiro atoms. The van der Waals surface area contributed by atoms with E-state index in [1.165, 1.54) is 6.07 Å². The summed E-state index contributed by atoms with van der Waals surface area (Å²) in [5.41, 5.74) is 1.65. The summed E-state index contributed by atoms with van der Waals surface area (Å²) in [5, 5.41) is 10.9. The van der Waals surface area contributed by atoms with Gasteiger partial charge in [0.25, 0.3) is 5.69 Å². The second kappa shape index (κ2) is 6.05. The highest BCUT2D eigenvalue weighted by Gasteiger charge is 2.28. The minimum Gasteiger partial charge on any atom is -0.312 e. The Morgan fingerprint density at radius 1 is 1.38 bits per heavy atom. The van der Waals surface area contributed by atoms with Crippen molar-refractivity contribution in [2.75, 3.05) is 17.2 Å². The fourth-order valence-corrected chi connectivity index (χ4v) is 2.60. The molecule has 0 radical (unpaired) electrons. The summed E-state index contributed by atoms with van der Waals surface area (Å²) in [6, 6.07) is 4.76. The van der Waals surface area contributed by atoms with Crippen molar-refractivity contribution in [3.05, 3.63) is 33.9 Å². The Morgan fingerprint density at radius 2 is 2.10 bits per heavy atom. The first-order chi connectivity index (χ1) is 9.84. The van der Waals surface area contributed by atoms with E-state index in [1.54, 1.807) is 17.0 Å². The van der Waals surface area contributed by atoms with Crippen LogP contribution in [0.15, 0.2) is 18.2 Å². The van der Waals surface area contributed by atoms with Gasteiger partial charge in [0.05, 0.1) is 4.92 Å². The molecule has 0 saturated heterocycles. The maximum Gasteiger partial charge on any atom is 0.269 e. The molecule has 1 aromatic rings.